The quantitative estimate of drug-likeness (QED) is 0.769. The van der Waals surface area contributed by atoms with Crippen LogP contribution in [0.5, 0.6) is 0 Å². The molecule has 2 fully saturated rings. The Balaban J connectivity index is 1.85. The molecular weight excluding hydrogens is 275 g/mol. The molecule has 3 rings (SSSR count). The Morgan fingerprint density at radius 3 is 2.95 bits per heavy atom. The predicted molar refractivity (Wildman–Crippen MR) is 82.0 cm³/mol. The van der Waals surface area contributed by atoms with Crippen LogP contribution in [0.25, 0.3) is 0 Å². The van der Waals surface area contributed by atoms with E-state index in [1.807, 2.05) is 6.07 Å². The fraction of sp³-hybridized carbons (Fsp3) is 0.625. The number of hydrogen-bond acceptors (Lipinski definition) is 2. The number of anilines is 1. The van der Waals surface area contributed by atoms with Crippen LogP contribution in [0, 0.1) is 5.82 Å². The smallest absolute Gasteiger partial charge is 0.123 e. The number of piperidine rings is 1. The Labute approximate surface area is 125 Å². The number of benzene rings is 1. The summed E-state index contributed by atoms with van der Waals surface area (Å²) in [5.74, 6) is 0.165. The first-order valence-corrected chi connectivity index (χ1v) is 8.07. The van der Waals surface area contributed by atoms with Gasteiger partial charge in [-0.15, -0.1) is 11.6 Å². The second kappa shape index (κ2) is 5.90. The van der Waals surface area contributed by atoms with Gasteiger partial charge in [-0.25, -0.2) is 4.39 Å². The first kappa shape index (κ1) is 14.2. The van der Waals surface area contributed by atoms with Gasteiger partial charge in [0.05, 0.1) is 0 Å². The number of nitrogens with zero attached hydrogens (tertiary/aromatic N) is 2. The zero-order valence-corrected chi connectivity index (χ0v) is 12.7. The standard InChI is InChI=1S/C16H22ClFN2/c1-12-10-19-7-3-2-4-15(19)11-20(12)16-6-5-14(18)8-13(16)9-17/h5-6,8,12,15H,2-4,7,9-11H2,1H3. The topological polar surface area (TPSA) is 6.48 Å². The molecule has 4 heteroatoms. The van der Waals surface area contributed by atoms with Gasteiger partial charge < -0.3 is 4.90 Å². The lowest BCUT2D eigenvalue weighted by Gasteiger charge is -2.48. The lowest BCUT2D eigenvalue weighted by atomic mass is 9.96. The SMILES string of the molecule is CC1CN2CCCCC2CN1c1ccc(F)cc1CCl. The molecule has 2 nitrogen and oxygen atoms in total. The van der Waals surface area contributed by atoms with Crippen molar-refractivity contribution in [2.45, 2.75) is 44.1 Å². The maximum absolute atomic E-state index is 13.4. The first-order chi connectivity index (χ1) is 9.69. The average Bonchev–Trinajstić information content (AvgIpc) is 2.46. The van der Waals surface area contributed by atoms with Crippen molar-refractivity contribution in [1.29, 1.82) is 0 Å². The summed E-state index contributed by atoms with van der Waals surface area (Å²) < 4.78 is 13.4. The number of halogens is 2. The minimum absolute atomic E-state index is 0.201. The van der Waals surface area contributed by atoms with Gasteiger partial charge in [0, 0.05) is 36.7 Å². The van der Waals surface area contributed by atoms with Crippen LogP contribution in [-0.4, -0.2) is 36.6 Å². The third-order valence-corrected chi connectivity index (χ3v) is 4.97. The third kappa shape index (κ3) is 2.66. The van der Waals surface area contributed by atoms with Crippen molar-refractivity contribution in [3.05, 3.63) is 29.6 Å². The van der Waals surface area contributed by atoms with Crippen molar-refractivity contribution < 1.29 is 4.39 Å². The molecule has 2 atom stereocenters. The van der Waals surface area contributed by atoms with Gasteiger partial charge in [-0.1, -0.05) is 6.42 Å². The zero-order chi connectivity index (χ0) is 14.1. The zero-order valence-electron chi connectivity index (χ0n) is 12.0. The predicted octanol–water partition coefficient (Wildman–Crippen LogP) is 3.63. The van der Waals surface area contributed by atoms with Gasteiger partial charge in [0.25, 0.3) is 0 Å². The highest BCUT2D eigenvalue weighted by molar-refractivity contribution is 6.17. The molecule has 0 saturated carbocycles. The van der Waals surface area contributed by atoms with E-state index in [-0.39, 0.29) is 5.82 Å². The molecule has 2 saturated heterocycles. The molecule has 0 aliphatic carbocycles. The number of fused-ring (bicyclic) bond motifs is 1. The van der Waals surface area contributed by atoms with E-state index in [4.69, 9.17) is 11.6 Å². The molecular formula is C16H22ClFN2. The van der Waals surface area contributed by atoms with E-state index in [1.54, 1.807) is 12.1 Å². The van der Waals surface area contributed by atoms with E-state index in [2.05, 4.69) is 16.7 Å². The van der Waals surface area contributed by atoms with Crippen LogP contribution in [0.3, 0.4) is 0 Å². The van der Waals surface area contributed by atoms with Crippen LogP contribution in [0.2, 0.25) is 0 Å². The largest absolute Gasteiger partial charge is 0.366 e. The van der Waals surface area contributed by atoms with Crippen molar-refractivity contribution in [2.75, 3.05) is 24.5 Å². The van der Waals surface area contributed by atoms with Gasteiger partial charge in [0.2, 0.25) is 0 Å². The Bertz CT molecular complexity index is 480. The fourth-order valence-electron chi connectivity index (χ4n) is 3.63. The van der Waals surface area contributed by atoms with Crippen molar-refractivity contribution >= 4 is 17.3 Å². The summed E-state index contributed by atoms with van der Waals surface area (Å²) in [7, 11) is 0. The second-order valence-corrected chi connectivity index (χ2v) is 6.32. The normalized spacial score (nSPS) is 27.4. The highest BCUT2D eigenvalue weighted by atomic mass is 35.5. The van der Waals surface area contributed by atoms with E-state index in [0.717, 1.165) is 24.3 Å². The molecule has 1 aromatic carbocycles. The van der Waals surface area contributed by atoms with Crippen molar-refractivity contribution in [3.63, 3.8) is 0 Å². The Kier molecular flexibility index (Phi) is 4.18. The van der Waals surface area contributed by atoms with Gasteiger partial charge in [-0.05, 0) is 50.1 Å². The van der Waals surface area contributed by atoms with E-state index in [9.17, 15) is 4.39 Å². The van der Waals surface area contributed by atoms with E-state index < -0.39 is 0 Å². The highest BCUT2D eigenvalue weighted by Crippen LogP contribution is 2.31. The molecule has 2 aliphatic rings. The van der Waals surface area contributed by atoms with Crippen molar-refractivity contribution in [2.24, 2.45) is 0 Å². The van der Waals surface area contributed by atoms with Crippen LogP contribution in [-0.2, 0) is 5.88 Å². The molecule has 2 unspecified atom stereocenters. The number of piperazine rings is 1. The highest BCUT2D eigenvalue weighted by Gasteiger charge is 2.33. The minimum Gasteiger partial charge on any atom is -0.366 e. The van der Waals surface area contributed by atoms with Gasteiger partial charge in [0.1, 0.15) is 5.82 Å². The Morgan fingerprint density at radius 2 is 2.15 bits per heavy atom. The number of rotatable bonds is 2. The van der Waals surface area contributed by atoms with Gasteiger partial charge >= 0.3 is 0 Å². The Hall–Kier alpha value is -0.800. The summed E-state index contributed by atoms with van der Waals surface area (Å²) in [5.41, 5.74) is 2.02. The van der Waals surface area contributed by atoms with Gasteiger partial charge in [-0.3, -0.25) is 4.90 Å². The fourth-order valence-corrected chi connectivity index (χ4v) is 3.84. The molecule has 0 spiro atoms. The molecule has 0 N–H and O–H groups in total. The molecule has 2 aliphatic heterocycles. The summed E-state index contributed by atoms with van der Waals surface area (Å²) in [6, 6.07) is 6.11. The van der Waals surface area contributed by atoms with Crippen molar-refractivity contribution in [1.82, 2.24) is 4.90 Å². The van der Waals surface area contributed by atoms with Crippen LogP contribution >= 0.6 is 11.6 Å². The maximum atomic E-state index is 13.4. The molecule has 0 amide bonds. The molecule has 0 aromatic heterocycles. The van der Waals surface area contributed by atoms with Crippen LogP contribution in [0.15, 0.2) is 18.2 Å². The lowest BCUT2D eigenvalue weighted by molar-refractivity contribution is 0.115. The molecule has 20 heavy (non-hydrogen) atoms. The minimum atomic E-state index is -0.201. The van der Waals surface area contributed by atoms with Gasteiger partial charge in [0.15, 0.2) is 0 Å². The Morgan fingerprint density at radius 1 is 1.30 bits per heavy atom. The lowest BCUT2D eigenvalue weighted by Crippen LogP contribution is -2.59. The van der Waals surface area contributed by atoms with Crippen molar-refractivity contribution in [3.8, 4) is 0 Å². The summed E-state index contributed by atoms with van der Waals surface area (Å²) in [5, 5.41) is 0. The van der Waals surface area contributed by atoms with Crippen LogP contribution < -0.4 is 4.90 Å². The third-order valence-electron chi connectivity index (χ3n) is 4.68. The number of hydrogen-bond donors (Lipinski definition) is 0. The van der Waals surface area contributed by atoms with Gasteiger partial charge in [-0.2, -0.15) is 0 Å². The van der Waals surface area contributed by atoms with Crippen LogP contribution in [0.1, 0.15) is 31.7 Å². The molecule has 110 valence electrons. The van der Waals surface area contributed by atoms with E-state index >= 15 is 0 Å². The van der Waals surface area contributed by atoms with E-state index in [0.29, 0.717) is 18.0 Å². The second-order valence-electron chi connectivity index (χ2n) is 6.05. The molecule has 0 radical (unpaired) electrons. The summed E-state index contributed by atoms with van der Waals surface area (Å²) >= 11 is 6.00. The summed E-state index contributed by atoms with van der Waals surface area (Å²) in [6.45, 7) is 5.63. The summed E-state index contributed by atoms with van der Waals surface area (Å²) in [4.78, 5) is 5.04. The monoisotopic (exact) mass is 296 g/mol. The molecule has 1 aromatic rings. The first-order valence-electron chi connectivity index (χ1n) is 7.54. The van der Waals surface area contributed by atoms with Crippen LogP contribution in [0.4, 0.5) is 10.1 Å². The average molecular weight is 297 g/mol. The molecule has 0 bridgehead atoms. The van der Waals surface area contributed by atoms with E-state index in [1.165, 1.54) is 25.8 Å². The maximum Gasteiger partial charge on any atom is 0.123 e. The number of alkyl halides is 1. The molecule has 2 heterocycles. The summed E-state index contributed by atoms with van der Waals surface area (Å²) in [6.07, 6.45) is 3.93.